The minimum atomic E-state index is 0.0373. The number of nitrogens with one attached hydrogen (secondary N) is 1. The molecule has 1 aromatic heterocycles. The van der Waals surface area contributed by atoms with Crippen LogP contribution in [0.4, 0.5) is 0 Å². The number of oxime groups is 1. The Kier molecular flexibility index (Phi) is 4.70. The summed E-state index contributed by atoms with van der Waals surface area (Å²) in [5, 5.41) is 15.0. The molecule has 19 heavy (non-hydrogen) atoms. The topological polar surface area (TPSA) is 86.8 Å². The molecule has 104 valence electrons. The largest absolute Gasteiger partial charge is 0.409 e. The molecule has 1 saturated carbocycles. The predicted octanol–water partition coefficient (Wildman–Crippen LogP) is 0.360. The minimum absolute atomic E-state index is 0.0373. The highest BCUT2D eigenvalue weighted by Gasteiger charge is 2.25. The molecule has 4 N–H and O–H groups in total. The van der Waals surface area contributed by atoms with E-state index in [0.29, 0.717) is 5.69 Å². The Morgan fingerprint density at radius 1 is 1.63 bits per heavy atom. The highest BCUT2D eigenvalue weighted by atomic mass is 16.4. The number of amidine groups is 1. The molecule has 0 aromatic carbocycles. The lowest BCUT2D eigenvalue weighted by Crippen LogP contribution is -2.30. The second-order valence-electron chi connectivity index (χ2n) is 4.92. The standard InChI is InChI=1S/C13H21N5O/c1-18(11-2-3-11)7-6-15-9-10-4-5-16-12(8-10)13(14)17-19/h4-5,8,11,15,19H,2-3,6-7,9H2,1H3,(H2,14,17). The Labute approximate surface area is 113 Å². The first-order valence-corrected chi connectivity index (χ1v) is 6.54. The maximum Gasteiger partial charge on any atom is 0.188 e. The van der Waals surface area contributed by atoms with E-state index in [1.807, 2.05) is 12.1 Å². The molecule has 1 heterocycles. The molecule has 1 aliphatic rings. The van der Waals surface area contributed by atoms with Crippen LogP contribution in [0.2, 0.25) is 0 Å². The van der Waals surface area contributed by atoms with Gasteiger partial charge in [0.15, 0.2) is 5.84 Å². The molecular weight excluding hydrogens is 242 g/mol. The molecule has 0 radical (unpaired) electrons. The summed E-state index contributed by atoms with van der Waals surface area (Å²) in [7, 11) is 2.17. The molecule has 0 bridgehead atoms. The summed E-state index contributed by atoms with van der Waals surface area (Å²) < 4.78 is 0. The van der Waals surface area contributed by atoms with Gasteiger partial charge in [0.2, 0.25) is 0 Å². The fourth-order valence-corrected chi connectivity index (χ4v) is 1.96. The molecule has 6 heteroatoms. The number of hydrogen-bond donors (Lipinski definition) is 3. The van der Waals surface area contributed by atoms with Crippen molar-refractivity contribution < 1.29 is 5.21 Å². The smallest absolute Gasteiger partial charge is 0.188 e. The van der Waals surface area contributed by atoms with E-state index in [9.17, 15) is 0 Å². The normalized spacial score (nSPS) is 16.0. The van der Waals surface area contributed by atoms with Gasteiger partial charge in [-0.2, -0.15) is 0 Å². The Morgan fingerprint density at radius 3 is 3.11 bits per heavy atom. The van der Waals surface area contributed by atoms with Crippen molar-refractivity contribution in [1.82, 2.24) is 15.2 Å². The zero-order valence-electron chi connectivity index (χ0n) is 11.2. The van der Waals surface area contributed by atoms with Gasteiger partial charge in [-0.15, -0.1) is 0 Å². The molecular formula is C13H21N5O. The van der Waals surface area contributed by atoms with Crippen LogP contribution in [0.15, 0.2) is 23.5 Å². The maximum absolute atomic E-state index is 8.61. The Hall–Kier alpha value is -1.66. The number of likely N-dealkylation sites (N-methyl/N-ethyl adjacent to an activating group) is 1. The van der Waals surface area contributed by atoms with E-state index in [4.69, 9.17) is 10.9 Å². The lowest BCUT2D eigenvalue weighted by Gasteiger charge is -2.15. The van der Waals surface area contributed by atoms with Gasteiger partial charge in [0.1, 0.15) is 5.69 Å². The zero-order chi connectivity index (χ0) is 13.7. The Balaban J connectivity index is 1.76. The molecule has 1 aliphatic carbocycles. The van der Waals surface area contributed by atoms with E-state index in [0.717, 1.165) is 31.2 Å². The quantitative estimate of drug-likeness (QED) is 0.217. The van der Waals surface area contributed by atoms with Gasteiger partial charge in [0.25, 0.3) is 0 Å². The fourth-order valence-electron chi connectivity index (χ4n) is 1.96. The maximum atomic E-state index is 8.61. The van der Waals surface area contributed by atoms with Gasteiger partial charge in [-0.1, -0.05) is 5.16 Å². The summed E-state index contributed by atoms with van der Waals surface area (Å²) in [4.78, 5) is 6.44. The molecule has 0 unspecified atom stereocenters. The first kappa shape index (κ1) is 13.8. The van der Waals surface area contributed by atoms with Gasteiger partial charge in [-0.25, -0.2) is 0 Å². The monoisotopic (exact) mass is 263 g/mol. The van der Waals surface area contributed by atoms with Crippen LogP contribution in [0.1, 0.15) is 24.1 Å². The average molecular weight is 263 g/mol. The van der Waals surface area contributed by atoms with Crippen molar-refractivity contribution in [2.45, 2.75) is 25.4 Å². The highest BCUT2D eigenvalue weighted by Crippen LogP contribution is 2.24. The summed E-state index contributed by atoms with van der Waals surface area (Å²) in [6.45, 7) is 2.77. The van der Waals surface area contributed by atoms with Crippen molar-refractivity contribution in [2.24, 2.45) is 10.9 Å². The van der Waals surface area contributed by atoms with Crippen LogP contribution in [0.3, 0.4) is 0 Å². The van der Waals surface area contributed by atoms with E-state index in [2.05, 4.69) is 27.4 Å². The SMILES string of the molecule is CN(CCNCc1ccnc(C(N)=NO)c1)C1CC1. The van der Waals surface area contributed by atoms with Crippen molar-refractivity contribution in [2.75, 3.05) is 20.1 Å². The number of rotatable bonds is 7. The van der Waals surface area contributed by atoms with Crippen molar-refractivity contribution in [1.29, 1.82) is 0 Å². The van der Waals surface area contributed by atoms with Gasteiger partial charge in [0, 0.05) is 31.9 Å². The predicted molar refractivity (Wildman–Crippen MR) is 74.1 cm³/mol. The van der Waals surface area contributed by atoms with Gasteiger partial charge in [-0.05, 0) is 37.6 Å². The number of nitrogens with zero attached hydrogens (tertiary/aromatic N) is 3. The number of nitrogens with two attached hydrogens (primary N) is 1. The number of aromatic nitrogens is 1. The van der Waals surface area contributed by atoms with Gasteiger partial charge < -0.3 is 21.2 Å². The van der Waals surface area contributed by atoms with Crippen LogP contribution in [0.5, 0.6) is 0 Å². The second kappa shape index (κ2) is 6.49. The van der Waals surface area contributed by atoms with Crippen molar-refractivity contribution in [3.8, 4) is 0 Å². The molecule has 0 aliphatic heterocycles. The first-order valence-electron chi connectivity index (χ1n) is 6.54. The van der Waals surface area contributed by atoms with Crippen LogP contribution < -0.4 is 11.1 Å². The summed E-state index contributed by atoms with van der Waals surface area (Å²) >= 11 is 0. The lowest BCUT2D eigenvalue weighted by atomic mass is 10.2. The van der Waals surface area contributed by atoms with Crippen molar-refractivity contribution >= 4 is 5.84 Å². The molecule has 0 amide bonds. The third-order valence-corrected chi connectivity index (χ3v) is 3.34. The molecule has 0 spiro atoms. The van der Waals surface area contributed by atoms with E-state index in [-0.39, 0.29) is 5.84 Å². The van der Waals surface area contributed by atoms with E-state index in [1.165, 1.54) is 12.8 Å². The van der Waals surface area contributed by atoms with E-state index >= 15 is 0 Å². The van der Waals surface area contributed by atoms with E-state index in [1.54, 1.807) is 6.20 Å². The molecule has 1 fully saturated rings. The Bertz CT molecular complexity index is 444. The van der Waals surface area contributed by atoms with Crippen LogP contribution in [0, 0.1) is 0 Å². The van der Waals surface area contributed by atoms with Gasteiger partial charge in [0.05, 0.1) is 0 Å². The number of hydrogen-bond acceptors (Lipinski definition) is 5. The van der Waals surface area contributed by atoms with Crippen LogP contribution in [-0.4, -0.2) is 47.1 Å². The van der Waals surface area contributed by atoms with Gasteiger partial charge in [-0.3, -0.25) is 4.98 Å². The van der Waals surface area contributed by atoms with E-state index < -0.39 is 0 Å². The molecule has 1 aromatic rings. The van der Waals surface area contributed by atoms with Crippen LogP contribution >= 0.6 is 0 Å². The summed E-state index contributed by atoms with van der Waals surface area (Å²) in [5.74, 6) is 0.0373. The second-order valence-corrected chi connectivity index (χ2v) is 4.92. The molecule has 0 saturated heterocycles. The first-order chi connectivity index (χ1) is 9.20. The molecule has 6 nitrogen and oxygen atoms in total. The molecule has 2 rings (SSSR count). The zero-order valence-corrected chi connectivity index (χ0v) is 11.2. The van der Waals surface area contributed by atoms with Crippen LogP contribution in [0.25, 0.3) is 0 Å². The summed E-state index contributed by atoms with van der Waals surface area (Å²) in [6.07, 6.45) is 4.34. The lowest BCUT2D eigenvalue weighted by molar-refractivity contribution is 0.318. The summed E-state index contributed by atoms with van der Waals surface area (Å²) in [5.41, 5.74) is 7.08. The average Bonchev–Trinajstić information content (AvgIpc) is 3.27. The minimum Gasteiger partial charge on any atom is -0.409 e. The van der Waals surface area contributed by atoms with Crippen LogP contribution in [-0.2, 0) is 6.54 Å². The van der Waals surface area contributed by atoms with Crippen molar-refractivity contribution in [3.63, 3.8) is 0 Å². The Morgan fingerprint density at radius 2 is 2.42 bits per heavy atom. The van der Waals surface area contributed by atoms with Crippen molar-refractivity contribution in [3.05, 3.63) is 29.6 Å². The molecule has 0 atom stereocenters. The van der Waals surface area contributed by atoms with Gasteiger partial charge >= 0.3 is 0 Å². The summed E-state index contributed by atoms with van der Waals surface area (Å²) in [6, 6.07) is 4.55. The third-order valence-electron chi connectivity index (χ3n) is 3.34. The third kappa shape index (κ3) is 4.18. The number of pyridine rings is 1. The highest BCUT2D eigenvalue weighted by molar-refractivity contribution is 5.95. The fraction of sp³-hybridized carbons (Fsp3) is 0.538.